The molecule has 1 amide bonds. The molecule has 0 aromatic carbocycles. The Bertz CT molecular complexity index is 1240. The van der Waals surface area contributed by atoms with Gasteiger partial charge in [-0.15, -0.1) is 11.3 Å². The number of aromatic nitrogens is 5. The highest BCUT2D eigenvalue weighted by molar-refractivity contribution is 7.11. The van der Waals surface area contributed by atoms with Crippen LogP contribution in [0.25, 0.3) is 11.2 Å². The van der Waals surface area contributed by atoms with E-state index in [2.05, 4.69) is 34.6 Å². The lowest BCUT2D eigenvalue weighted by atomic mass is 9.88. The summed E-state index contributed by atoms with van der Waals surface area (Å²) in [5.74, 6) is 1.06. The maximum atomic E-state index is 13.7. The summed E-state index contributed by atoms with van der Waals surface area (Å²) in [6, 6.07) is 0.866. The largest absolute Gasteiger partial charge is 0.352 e. The van der Waals surface area contributed by atoms with Crippen molar-refractivity contribution in [1.82, 2.24) is 34.3 Å². The Morgan fingerprint density at radius 2 is 1.54 bits per heavy atom. The van der Waals surface area contributed by atoms with E-state index < -0.39 is 0 Å². The number of carbonyl (C=O) groups is 2. The number of thiazole rings is 1. The molecule has 3 aromatic rings. The van der Waals surface area contributed by atoms with Gasteiger partial charge in [-0.3, -0.25) is 14.5 Å². The van der Waals surface area contributed by atoms with Gasteiger partial charge in [0.2, 0.25) is 11.7 Å². The minimum absolute atomic E-state index is 0.0572. The van der Waals surface area contributed by atoms with Gasteiger partial charge in [0, 0.05) is 49.8 Å². The van der Waals surface area contributed by atoms with Gasteiger partial charge in [-0.25, -0.2) is 19.9 Å². The third-order valence-electron chi connectivity index (χ3n) is 8.62. The highest BCUT2D eigenvalue weighted by atomic mass is 32.1. The molecule has 0 unspecified atom stereocenters. The van der Waals surface area contributed by atoms with Gasteiger partial charge in [-0.05, 0) is 25.7 Å². The SMILES string of the molecule is O=C(Cn1cnc2c(N3CCN(CC(=O)N(C4CCCCC4)C4CCCCC4)CC3)ncnc21)c1nccs1. The number of imidazole rings is 1. The van der Waals surface area contributed by atoms with Crippen LogP contribution in [0.1, 0.15) is 74.0 Å². The molecule has 1 aliphatic heterocycles. The standard InChI is InChI=1S/C28H38N8O2S/c37-23(28-29-11-16-39-28)17-35-20-32-25-26(30-19-31-27(25)35)34-14-12-33(13-15-34)18-24(38)36(21-7-3-1-4-8-21)22-9-5-2-6-10-22/h11,16,19-22H,1-10,12-15,17-18H2. The minimum Gasteiger partial charge on any atom is -0.352 e. The number of nitrogens with zero attached hydrogens (tertiary/aromatic N) is 8. The van der Waals surface area contributed by atoms with E-state index in [1.165, 1.54) is 75.5 Å². The number of rotatable bonds is 8. The number of Topliss-reactive ketones (excluding diaryl/α,β-unsaturated/α-hetero) is 1. The average Bonchev–Trinajstić information content (AvgIpc) is 3.66. The lowest BCUT2D eigenvalue weighted by Crippen LogP contribution is -2.54. The maximum Gasteiger partial charge on any atom is 0.237 e. The molecule has 39 heavy (non-hydrogen) atoms. The van der Waals surface area contributed by atoms with Crippen LogP contribution in [0.2, 0.25) is 0 Å². The highest BCUT2D eigenvalue weighted by Crippen LogP contribution is 2.31. The molecule has 0 bridgehead atoms. The summed E-state index contributed by atoms with van der Waals surface area (Å²) in [5.41, 5.74) is 1.35. The van der Waals surface area contributed by atoms with Crippen LogP contribution in [0.4, 0.5) is 5.82 Å². The molecule has 2 aliphatic carbocycles. The summed E-state index contributed by atoms with van der Waals surface area (Å²) in [6.45, 7) is 3.82. The van der Waals surface area contributed by atoms with Crippen LogP contribution < -0.4 is 4.90 Å². The molecule has 3 aromatic heterocycles. The van der Waals surface area contributed by atoms with E-state index in [4.69, 9.17) is 0 Å². The number of anilines is 1. The fourth-order valence-corrected chi connectivity index (χ4v) is 7.18. The van der Waals surface area contributed by atoms with Crippen molar-refractivity contribution in [3.05, 3.63) is 29.2 Å². The van der Waals surface area contributed by atoms with Gasteiger partial charge in [0.05, 0.1) is 19.4 Å². The molecule has 4 heterocycles. The molecule has 6 rings (SSSR count). The van der Waals surface area contributed by atoms with Crippen molar-refractivity contribution in [2.24, 2.45) is 0 Å². The van der Waals surface area contributed by atoms with Crippen molar-refractivity contribution in [2.75, 3.05) is 37.6 Å². The van der Waals surface area contributed by atoms with Gasteiger partial charge < -0.3 is 14.4 Å². The molecule has 1 saturated heterocycles. The number of ketones is 1. The van der Waals surface area contributed by atoms with Crippen LogP contribution in [0.5, 0.6) is 0 Å². The third kappa shape index (κ3) is 5.84. The third-order valence-corrected chi connectivity index (χ3v) is 9.44. The zero-order chi connectivity index (χ0) is 26.6. The first kappa shape index (κ1) is 26.3. The van der Waals surface area contributed by atoms with Crippen LogP contribution in [-0.2, 0) is 11.3 Å². The van der Waals surface area contributed by atoms with Crippen molar-refractivity contribution in [3.63, 3.8) is 0 Å². The van der Waals surface area contributed by atoms with E-state index in [0.29, 0.717) is 40.7 Å². The molecule has 10 nitrogen and oxygen atoms in total. The second-order valence-electron chi connectivity index (χ2n) is 11.2. The number of piperazine rings is 1. The van der Waals surface area contributed by atoms with Crippen LogP contribution >= 0.6 is 11.3 Å². The molecular formula is C28H38N8O2S. The molecule has 3 aliphatic rings. The Morgan fingerprint density at radius 1 is 0.846 bits per heavy atom. The van der Waals surface area contributed by atoms with E-state index in [-0.39, 0.29) is 12.3 Å². The Labute approximate surface area is 233 Å². The quantitative estimate of drug-likeness (QED) is 0.391. The zero-order valence-electron chi connectivity index (χ0n) is 22.6. The van der Waals surface area contributed by atoms with Crippen LogP contribution in [0.15, 0.2) is 24.2 Å². The van der Waals surface area contributed by atoms with Crippen molar-refractivity contribution in [1.29, 1.82) is 0 Å². The minimum atomic E-state index is -0.0572. The lowest BCUT2D eigenvalue weighted by Gasteiger charge is -2.43. The van der Waals surface area contributed by atoms with Crippen LogP contribution in [-0.4, -0.2) is 90.8 Å². The van der Waals surface area contributed by atoms with Crippen LogP contribution in [0.3, 0.4) is 0 Å². The normalized spacial score (nSPS) is 19.9. The van der Waals surface area contributed by atoms with E-state index in [1.807, 2.05) is 0 Å². The van der Waals surface area contributed by atoms with Crippen molar-refractivity contribution in [3.8, 4) is 0 Å². The molecule has 11 heteroatoms. The number of hydrogen-bond acceptors (Lipinski definition) is 9. The maximum absolute atomic E-state index is 13.7. The summed E-state index contributed by atoms with van der Waals surface area (Å²) >= 11 is 1.34. The topological polar surface area (TPSA) is 100 Å². The van der Waals surface area contributed by atoms with Crippen LogP contribution in [0, 0.1) is 0 Å². The lowest BCUT2D eigenvalue weighted by molar-refractivity contribution is -0.139. The summed E-state index contributed by atoms with van der Waals surface area (Å²) in [6.07, 6.45) is 17.1. The first-order valence-corrected chi connectivity index (χ1v) is 15.4. The second kappa shape index (κ2) is 12.1. The van der Waals surface area contributed by atoms with Gasteiger partial charge in [0.1, 0.15) is 6.33 Å². The van der Waals surface area contributed by atoms with Gasteiger partial charge in [-0.1, -0.05) is 38.5 Å². The summed E-state index contributed by atoms with van der Waals surface area (Å²) in [4.78, 5) is 50.9. The fourth-order valence-electron chi connectivity index (χ4n) is 6.61. The molecule has 0 spiro atoms. The first-order valence-electron chi connectivity index (χ1n) is 14.5. The number of fused-ring (bicyclic) bond motifs is 1. The van der Waals surface area contributed by atoms with Gasteiger partial charge in [-0.2, -0.15) is 0 Å². The molecule has 2 saturated carbocycles. The predicted molar refractivity (Wildman–Crippen MR) is 151 cm³/mol. The van der Waals surface area contributed by atoms with Gasteiger partial charge >= 0.3 is 0 Å². The number of hydrogen-bond donors (Lipinski definition) is 0. The molecule has 0 radical (unpaired) electrons. The van der Waals surface area contributed by atoms with Gasteiger partial charge in [0.25, 0.3) is 0 Å². The van der Waals surface area contributed by atoms with E-state index >= 15 is 0 Å². The summed E-state index contributed by atoms with van der Waals surface area (Å²) in [7, 11) is 0. The van der Waals surface area contributed by atoms with Crippen molar-refractivity contribution >= 4 is 40.0 Å². The number of amides is 1. The van der Waals surface area contributed by atoms with E-state index in [0.717, 1.165) is 32.0 Å². The Balaban J connectivity index is 1.09. The van der Waals surface area contributed by atoms with Gasteiger partial charge in [0.15, 0.2) is 22.0 Å². The molecular weight excluding hydrogens is 512 g/mol. The van der Waals surface area contributed by atoms with E-state index in [9.17, 15) is 9.59 Å². The Kier molecular flexibility index (Phi) is 8.15. The van der Waals surface area contributed by atoms with E-state index in [1.54, 1.807) is 28.8 Å². The van der Waals surface area contributed by atoms with Crippen molar-refractivity contribution < 1.29 is 9.59 Å². The Morgan fingerprint density at radius 3 is 2.18 bits per heavy atom. The molecule has 0 atom stereocenters. The fraction of sp³-hybridized carbons (Fsp3) is 0.643. The smallest absolute Gasteiger partial charge is 0.237 e. The number of carbonyl (C=O) groups excluding carboxylic acids is 2. The second-order valence-corrected chi connectivity index (χ2v) is 12.0. The Hall–Kier alpha value is -2.92. The average molecular weight is 551 g/mol. The molecule has 0 N–H and O–H groups in total. The zero-order valence-corrected chi connectivity index (χ0v) is 23.4. The highest BCUT2D eigenvalue weighted by Gasteiger charge is 2.33. The summed E-state index contributed by atoms with van der Waals surface area (Å²) in [5, 5.41) is 2.29. The predicted octanol–water partition coefficient (Wildman–Crippen LogP) is 3.78. The monoisotopic (exact) mass is 550 g/mol. The first-order chi connectivity index (χ1) is 19.2. The molecule has 208 valence electrons. The molecule has 3 fully saturated rings. The van der Waals surface area contributed by atoms with Crippen molar-refractivity contribution in [2.45, 2.75) is 82.8 Å². The summed E-state index contributed by atoms with van der Waals surface area (Å²) < 4.78 is 1.77.